The van der Waals surface area contributed by atoms with Gasteiger partial charge >= 0.3 is 6.18 Å². The van der Waals surface area contributed by atoms with Gasteiger partial charge in [0, 0.05) is 36.9 Å². The van der Waals surface area contributed by atoms with Crippen LogP contribution in [-0.2, 0) is 11.6 Å². The topological polar surface area (TPSA) is 62.5 Å². The molecular weight excluding hydrogens is 508 g/mol. The van der Waals surface area contributed by atoms with Crippen molar-refractivity contribution in [2.24, 2.45) is 5.92 Å². The number of aliphatic hydroxyl groups excluding tert-OH is 1. The molecule has 9 heteroatoms. The van der Waals surface area contributed by atoms with Crippen LogP contribution in [0.25, 0.3) is 0 Å². The summed E-state index contributed by atoms with van der Waals surface area (Å²) in [6.45, 7) is 9.67. The molecule has 4 rings (SSSR count). The Bertz CT molecular complexity index is 1190. The Hall–Kier alpha value is -2.67. The van der Waals surface area contributed by atoms with Crippen LogP contribution in [0.1, 0.15) is 70.1 Å². The molecule has 2 aliphatic carbocycles. The monoisotopic (exact) mass is 546 g/mol. The first kappa shape index (κ1) is 29.3. The standard InChI is InChI=1S/C30H38F4N4O/c1-19(2)37(20(3)4)12-13-38(28(39)36-24-8-9-27(31)26(16-24)30(32,33)34)25-10-11-29(17-23(29)15-25)22-7-5-6-21(14-22)18-35/h5-9,14,16,19-20,23,25,28,36,39H,10-13,15,17H2,1-4H3/t23?,25?,28?,29-/m1/s1. The number of benzene rings is 2. The number of nitrogens with one attached hydrogen (secondary N) is 1. The van der Waals surface area contributed by atoms with Crippen molar-refractivity contribution in [3.8, 4) is 6.07 Å². The minimum atomic E-state index is -4.83. The van der Waals surface area contributed by atoms with Crippen molar-refractivity contribution in [1.29, 1.82) is 5.26 Å². The molecular formula is C30H38F4N4O. The van der Waals surface area contributed by atoms with Gasteiger partial charge in [-0.05, 0) is 101 Å². The number of fused-ring (bicyclic) bond motifs is 1. The van der Waals surface area contributed by atoms with Gasteiger partial charge in [0.15, 0.2) is 6.35 Å². The van der Waals surface area contributed by atoms with Crippen LogP contribution in [0.3, 0.4) is 0 Å². The number of nitrogens with zero attached hydrogens (tertiary/aromatic N) is 3. The third-order valence-electron chi connectivity index (χ3n) is 8.57. The van der Waals surface area contributed by atoms with E-state index in [2.05, 4.69) is 50.0 Å². The predicted octanol–water partition coefficient (Wildman–Crippen LogP) is 6.34. The smallest absolute Gasteiger partial charge is 0.361 e. The largest absolute Gasteiger partial charge is 0.419 e. The fourth-order valence-corrected chi connectivity index (χ4v) is 6.48. The second-order valence-corrected chi connectivity index (χ2v) is 11.6. The molecule has 0 saturated heterocycles. The Morgan fingerprint density at radius 3 is 2.44 bits per heavy atom. The van der Waals surface area contributed by atoms with E-state index in [1.165, 1.54) is 11.6 Å². The highest BCUT2D eigenvalue weighted by Gasteiger charge is 2.58. The van der Waals surface area contributed by atoms with Gasteiger partial charge in [0.05, 0.1) is 17.2 Å². The fourth-order valence-electron chi connectivity index (χ4n) is 6.48. The molecule has 212 valence electrons. The van der Waals surface area contributed by atoms with Crippen LogP contribution in [0.4, 0.5) is 23.2 Å². The van der Waals surface area contributed by atoms with Gasteiger partial charge in [0.2, 0.25) is 0 Å². The lowest BCUT2D eigenvalue weighted by Crippen LogP contribution is -2.52. The molecule has 4 atom stereocenters. The van der Waals surface area contributed by atoms with E-state index in [1.54, 1.807) is 0 Å². The summed E-state index contributed by atoms with van der Waals surface area (Å²) in [6, 6.07) is 13.3. The molecule has 3 unspecified atom stereocenters. The lowest BCUT2D eigenvalue weighted by Gasteiger charge is -2.41. The maximum Gasteiger partial charge on any atom is 0.419 e. The zero-order chi connectivity index (χ0) is 28.5. The average molecular weight is 547 g/mol. The van der Waals surface area contributed by atoms with Crippen molar-refractivity contribution >= 4 is 5.69 Å². The van der Waals surface area contributed by atoms with Crippen molar-refractivity contribution in [1.82, 2.24) is 9.80 Å². The third kappa shape index (κ3) is 6.40. The molecule has 5 nitrogen and oxygen atoms in total. The van der Waals surface area contributed by atoms with E-state index in [9.17, 15) is 27.9 Å². The first-order valence-electron chi connectivity index (χ1n) is 13.7. The summed E-state index contributed by atoms with van der Waals surface area (Å²) in [5.41, 5.74) is 0.532. The number of nitriles is 1. The van der Waals surface area contributed by atoms with E-state index in [0.717, 1.165) is 31.7 Å². The van der Waals surface area contributed by atoms with Crippen LogP contribution in [0, 0.1) is 23.1 Å². The van der Waals surface area contributed by atoms with Crippen LogP contribution in [-0.4, -0.2) is 52.5 Å². The maximum absolute atomic E-state index is 13.8. The zero-order valence-electron chi connectivity index (χ0n) is 23.0. The first-order valence-corrected chi connectivity index (χ1v) is 13.7. The number of alkyl halides is 3. The van der Waals surface area contributed by atoms with E-state index in [1.807, 2.05) is 23.1 Å². The highest BCUT2D eigenvalue weighted by molar-refractivity contribution is 5.47. The number of aliphatic hydroxyl groups is 1. The van der Waals surface area contributed by atoms with Gasteiger partial charge in [0.1, 0.15) is 5.82 Å². The van der Waals surface area contributed by atoms with Crippen molar-refractivity contribution in [3.05, 3.63) is 65.0 Å². The van der Waals surface area contributed by atoms with Gasteiger partial charge in [-0.15, -0.1) is 0 Å². The normalized spacial score (nSPS) is 23.7. The molecule has 2 aromatic rings. The Kier molecular flexibility index (Phi) is 8.60. The first-order chi connectivity index (χ1) is 18.4. The maximum atomic E-state index is 13.8. The molecule has 39 heavy (non-hydrogen) atoms. The SMILES string of the molecule is CC(C)N(CCN(C1CC[C@]2(c3cccc(C#N)c3)CC2C1)C(O)Nc1ccc(F)c(C(F)(F)F)c1)C(C)C. The summed E-state index contributed by atoms with van der Waals surface area (Å²) in [5, 5.41) is 23.4. The van der Waals surface area contributed by atoms with Gasteiger partial charge in [-0.3, -0.25) is 9.80 Å². The number of halogens is 4. The summed E-state index contributed by atoms with van der Waals surface area (Å²) < 4.78 is 53.7. The second-order valence-electron chi connectivity index (χ2n) is 11.6. The van der Waals surface area contributed by atoms with Crippen LogP contribution >= 0.6 is 0 Å². The molecule has 0 amide bonds. The van der Waals surface area contributed by atoms with E-state index in [-0.39, 0.29) is 17.1 Å². The Balaban J connectivity index is 1.53. The molecule has 0 aliphatic heterocycles. The van der Waals surface area contributed by atoms with Crippen LogP contribution < -0.4 is 5.32 Å². The number of anilines is 1. The molecule has 0 radical (unpaired) electrons. The molecule has 0 spiro atoms. The molecule has 2 aliphatic rings. The lowest BCUT2D eigenvalue weighted by atomic mass is 9.80. The second kappa shape index (κ2) is 11.4. The lowest BCUT2D eigenvalue weighted by molar-refractivity contribution is -0.139. The summed E-state index contributed by atoms with van der Waals surface area (Å²) in [4.78, 5) is 4.26. The molecule has 2 saturated carbocycles. The summed E-state index contributed by atoms with van der Waals surface area (Å²) in [6.07, 6.45) is -2.48. The third-order valence-corrected chi connectivity index (χ3v) is 8.57. The predicted molar refractivity (Wildman–Crippen MR) is 143 cm³/mol. The Morgan fingerprint density at radius 2 is 1.82 bits per heavy atom. The summed E-state index contributed by atoms with van der Waals surface area (Å²) in [5.74, 6) is -0.935. The van der Waals surface area contributed by atoms with Gasteiger partial charge in [-0.1, -0.05) is 12.1 Å². The van der Waals surface area contributed by atoms with Crippen molar-refractivity contribution in [2.75, 3.05) is 18.4 Å². The van der Waals surface area contributed by atoms with Gasteiger partial charge in [0.25, 0.3) is 0 Å². The summed E-state index contributed by atoms with van der Waals surface area (Å²) >= 11 is 0. The van der Waals surface area contributed by atoms with E-state index in [4.69, 9.17) is 0 Å². The Morgan fingerprint density at radius 1 is 1.10 bits per heavy atom. The number of rotatable bonds is 10. The van der Waals surface area contributed by atoms with E-state index >= 15 is 0 Å². The minimum Gasteiger partial charge on any atom is -0.361 e. The molecule has 2 N–H and O–H groups in total. The van der Waals surface area contributed by atoms with Gasteiger partial charge < -0.3 is 10.4 Å². The highest BCUT2D eigenvalue weighted by atomic mass is 19.4. The van der Waals surface area contributed by atoms with Crippen LogP contribution in [0.15, 0.2) is 42.5 Å². The number of hydrogen-bond acceptors (Lipinski definition) is 5. The van der Waals surface area contributed by atoms with Crippen LogP contribution in [0.2, 0.25) is 0 Å². The summed E-state index contributed by atoms with van der Waals surface area (Å²) in [7, 11) is 0. The van der Waals surface area contributed by atoms with E-state index < -0.39 is 23.9 Å². The van der Waals surface area contributed by atoms with E-state index in [0.29, 0.717) is 42.7 Å². The van der Waals surface area contributed by atoms with Crippen molar-refractivity contribution in [2.45, 2.75) is 89.4 Å². The molecule has 2 aromatic carbocycles. The molecule has 0 aromatic heterocycles. The van der Waals surface area contributed by atoms with Crippen molar-refractivity contribution in [3.63, 3.8) is 0 Å². The minimum absolute atomic E-state index is 0.00990. The average Bonchev–Trinajstić information content (AvgIpc) is 3.61. The molecule has 0 heterocycles. The van der Waals surface area contributed by atoms with Crippen LogP contribution in [0.5, 0.6) is 0 Å². The van der Waals surface area contributed by atoms with Gasteiger partial charge in [-0.2, -0.15) is 18.4 Å². The van der Waals surface area contributed by atoms with Gasteiger partial charge in [-0.25, -0.2) is 4.39 Å². The molecule has 2 fully saturated rings. The highest BCUT2D eigenvalue weighted by Crippen LogP contribution is 2.63. The zero-order valence-corrected chi connectivity index (χ0v) is 23.0. The van der Waals surface area contributed by atoms with Crippen molar-refractivity contribution < 1.29 is 22.7 Å². The molecule has 0 bridgehead atoms. The quantitative estimate of drug-likeness (QED) is 0.269. The fraction of sp³-hybridized carbons (Fsp3) is 0.567. The Labute approximate surface area is 228 Å². The number of hydrogen-bond donors (Lipinski definition) is 2.